The van der Waals surface area contributed by atoms with Crippen molar-refractivity contribution in [3.8, 4) is 22.8 Å². The molecule has 1 heterocycles. The minimum Gasteiger partial charge on any atom is -0.497 e. The number of hydrogen-bond acceptors (Lipinski definition) is 4. The summed E-state index contributed by atoms with van der Waals surface area (Å²) >= 11 is 0. The number of methoxy groups -OCH3 is 2. The lowest BCUT2D eigenvalue weighted by atomic mass is 9.88. The standard InChI is InChI=1S/C33H30N2O3/c1-37-25-17-18-28(32(21-25)38-2)31-22-29(27-15-9-10-16-30(27)35-31)33(36)34-20-19-26(23-11-5-3-6-12-23)24-13-7-4-8-14-24/h3-18,21-22,26H,19-20H2,1-2H3,(H,34,36). The first-order valence-corrected chi connectivity index (χ1v) is 12.7. The van der Waals surface area contributed by atoms with Gasteiger partial charge in [0.25, 0.3) is 5.91 Å². The van der Waals surface area contributed by atoms with E-state index in [4.69, 9.17) is 14.5 Å². The quantitative estimate of drug-likeness (QED) is 0.239. The summed E-state index contributed by atoms with van der Waals surface area (Å²) in [5.74, 6) is 1.38. The van der Waals surface area contributed by atoms with Gasteiger partial charge in [-0.1, -0.05) is 78.9 Å². The Kier molecular flexibility index (Phi) is 7.65. The van der Waals surface area contributed by atoms with Crippen molar-refractivity contribution in [3.63, 3.8) is 0 Å². The number of carbonyl (C=O) groups is 1. The lowest BCUT2D eigenvalue weighted by Crippen LogP contribution is -2.26. The van der Waals surface area contributed by atoms with Crippen molar-refractivity contribution in [3.05, 3.63) is 126 Å². The van der Waals surface area contributed by atoms with Crippen LogP contribution in [0.15, 0.2) is 109 Å². The zero-order valence-electron chi connectivity index (χ0n) is 21.6. The number of nitrogens with one attached hydrogen (secondary N) is 1. The average Bonchev–Trinajstić information content (AvgIpc) is 2.99. The second-order valence-corrected chi connectivity index (χ2v) is 9.06. The first-order chi connectivity index (χ1) is 18.7. The van der Waals surface area contributed by atoms with Crippen LogP contribution in [0.3, 0.4) is 0 Å². The van der Waals surface area contributed by atoms with Gasteiger partial charge >= 0.3 is 0 Å². The molecule has 1 N–H and O–H groups in total. The van der Waals surface area contributed by atoms with Crippen LogP contribution in [0.2, 0.25) is 0 Å². The van der Waals surface area contributed by atoms with Crippen LogP contribution in [0.4, 0.5) is 0 Å². The number of benzene rings is 4. The summed E-state index contributed by atoms with van der Waals surface area (Å²) in [6.07, 6.45) is 0.780. The number of para-hydroxylation sites is 1. The van der Waals surface area contributed by atoms with E-state index in [1.165, 1.54) is 11.1 Å². The third-order valence-electron chi connectivity index (χ3n) is 6.77. The smallest absolute Gasteiger partial charge is 0.252 e. The number of ether oxygens (including phenoxy) is 2. The molecule has 1 amide bonds. The fourth-order valence-corrected chi connectivity index (χ4v) is 4.83. The average molecular weight is 503 g/mol. The summed E-state index contributed by atoms with van der Waals surface area (Å²) in [6, 6.07) is 36.0. The van der Waals surface area contributed by atoms with E-state index < -0.39 is 0 Å². The molecule has 5 heteroatoms. The Bertz CT molecular complexity index is 1500. The maximum Gasteiger partial charge on any atom is 0.252 e. The molecule has 0 radical (unpaired) electrons. The Balaban J connectivity index is 1.43. The molecule has 4 aromatic carbocycles. The lowest BCUT2D eigenvalue weighted by Gasteiger charge is -2.19. The van der Waals surface area contributed by atoms with Crippen LogP contribution in [0.1, 0.15) is 33.8 Å². The second kappa shape index (κ2) is 11.6. The van der Waals surface area contributed by atoms with E-state index in [1.54, 1.807) is 14.2 Å². The van der Waals surface area contributed by atoms with Gasteiger partial charge in [0.05, 0.1) is 31.0 Å². The van der Waals surface area contributed by atoms with Crippen LogP contribution in [0, 0.1) is 0 Å². The number of carbonyl (C=O) groups excluding carboxylic acids is 1. The molecular weight excluding hydrogens is 472 g/mol. The van der Waals surface area contributed by atoms with Crippen molar-refractivity contribution in [2.45, 2.75) is 12.3 Å². The van der Waals surface area contributed by atoms with Crippen LogP contribution in [-0.2, 0) is 0 Å². The van der Waals surface area contributed by atoms with E-state index in [-0.39, 0.29) is 11.8 Å². The topological polar surface area (TPSA) is 60.5 Å². The van der Waals surface area contributed by atoms with Gasteiger partial charge in [-0.15, -0.1) is 0 Å². The van der Waals surface area contributed by atoms with E-state index in [9.17, 15) is 4.79 Å². The van der Waals surface area contributed by atoms with Gasteiger partial charge < -0.3 is 14.8 Å². The molecule has 5 rings (SSSR count). The van der Waals surface area contributed by atoms with Crippen LogP contribution < -0.4 is 14.8 Å². The highest BCUT2D eigenvalue weighted by Gasteiger charge is 2.18. The van der Waals surface area contributed by atoms with Crippen molar-refractivity contribution in [2.75, 3.05) is 20.8 Å². The van der Waals surface area contributed by atoms with E-state index >= 15 is 0 Å². The number of amides is 1. The number of fused-ring (bicyclic) bond motifs is 1. The Morgan fingerprint density at radius 3 is 2.11 bits per heavy atom. The molecular formula is C33H30N2O3. The first kappa shape index (κ1) is 25.0. The predicted molar refractivity (Wildman–Crippen MR) is 152 cm³/mol. The molecule has 0 aliphatic heterocycles. The maximum absolute atomic E-state index is 13.6. The largest absolute Gasteiger partial charge is 0.497 e. The molecule has 38 heavy (non-hydrogen) atoms. The molecule has 190 valence electrons. The number of nitrogens with zero attached hydrogens (tertiary/aromatic N) is 1. The molecule has 0 saturated heterocycles. The molecule has 0 bridgehead atoms. The lowest BCUT2D eigenvalue weighted by molar-refractivity contribution is 0.0954. The highest BCUT2D eigenvalue weighted by atomic mass is 16.5. The minimum atomic E-state index is -0.128. The Morgan fingerprint density at radius 2 is 1.45 bits per heavy atom. The summed E-state index contributed by atoms with van der Waals surface area (Å²) in [5, 5.41) is 3.98. The van der Waals surface area contributed by atoms with Crippen LogP contribution >= 0.6 is 0 Å². The van der Waals surface area contributed by atoms with Crippen molar-refractivity contribution in [1.82, 2.24) is 10.3 Å². The van der Waals surface area contributed by atoms with Gasteiger partial charge in [0.2, 0.25) is 0 Å². The van der Waals surface area contributed by atoms with Gasteiger partial charge in [-0.3, -0.25) is 4.79 Å². The van der Waals surface area contributed by atoms with Gasteiger partial charge in [-0.2, -0.15) is 0 Å². The normalized spacial score (nSPS) is 10.9. The zero-order valence-corrected chi connectivity index (χ0v) is 21.6. The van der Waals surface area contributed by atoms with Gasteiger partial charge in [0.1, 0.15) is 11.5 Å². The van der Waals surface area contributed by atoms with E-state index in [1.807, 2.05) is 60.7 Å². The highest BCUT2D eigenvalue weighted by Crippen LogP contribution is 2.34. The predicted octanol–water partition coefficient (Wildman–Crippen LogP) is 6.87. The molecule has 0 aliphatic carbocycles. The third-order valence-corrected chi connectivity index (χ3v) is 6.77. The van der Waals surface area contributed by atoms with Gasteiger partial charge in [0, 0.05) is 29.5 Å². The molecule has 0 unspecified atom stereocenters. The molecule has 0 aliphatic rings. The minimum absolute atomic E-state index is 0.128. The fraction of sp³-hybridized carbons (Fsp3) is 0.152. The summed E-state index contributed by atoms with van der Waals surface area (Å²) in [6.45, 7) is 0.533. The third kappa shape index (κ3) is 5.37. The van der Waals surface area contributed by atoms with Crippen molar-refractivity contribution < 1.29 is 14.3 Å². The molecule has 0 fully saturated rings. The number of aromatic nitrogens is 1. The van der Waals surface area contributed by atoms with Gasteiger partial charge in [-0.25, -0.2) is 4.98 Å². The first-order valence-electron chi connectivity index (χ1n) is 12.7. The fourth-order valence-electron chi connectivity index (χ4n) is 4.83. The SMILES string of the molecule is COc1ccc(-c2cc(C(=O)NCCC(c3ccccc3)c3ccccc3)c3ccccc3n2)c(OC)c1. The summed E-state index contributed by atoms with van der Waals surface area (Å²) in [7, 11) is 3.23. The van der Waals surface area contributed by atoms with Crippen LogP contribution in [0.25, 0.3) is 22.2 Å². The molecule has 1 aromatic heterocycles. The molecule has 5 aromatic rings. The summed E-state index contributed by atoms with van der Waals surface area (Å²) in [4.78, 5) is 18.4. The van der Waals surface area contributed by atoms with Crippen molar-refractivity contribution >= 4 is 16.8 Å². The second-order valence-electron chi connectivity index (χ2n) is 9.06. The zero-order chi connectivity index (χ0) is 26.3. The molecule has 0 atom stereocenters. The molecule has 5 nitrogen and oxygen atoms in total. The Morgan fingerprint density at radius 1 is 0.789 bits per heavy atom. The van der Waals surface area contributed by atoms with Crippen molar-refractivity contribution in [1.29, 1.82) is 0 Å². The monoisotopic (exact) mass is 502 g/mol. The van der Waals surface area contributed by atoms with Crippen molar-refractivity contribution in [2.24, 2.45) is 0 Å². The number of pyridine rings is 1. The van der Waals surface area contributed by atoms with E-state index in [2.05, 4.69) is 53.8 Å². The number of rotatable bonds is 9. The Hall–Kier alpha value is -4.64. The highest BCUT2D eigenvalue weighted by molar-refractivity contribution is 6.07. The van der Waals surface area contributed by atoms with Gasteiger partial charge in [-0.05, 0) is 41.8 Å². The Labute approximate surface area is 223 Å². The number of hydrogen-bond donors (Lipinski definition) is 1. The molecule has 0 saturated carbocycles. The summed E-state index contributed by atoms with van der Waals surface area (Å²) < 4.78 is 11.0. The van der Waals surface area contributed by atoms with Crippen LogP contribution in [-0.4, -0.2) is 31.7 Å². The maximum atomic E-state index is 13.6. The summed E-state index contributed by atoms with van der Waals surface area (Å²) in [5.41, 5.74) is 5.26. The van der Waals surface area contributed by atoms with E-state index in [0.717, 1.165) is 22.9 Å². The molecule has 0 spiro atoms. The van der Waals surface area contributed by atoms with E-state index in [0.29, 0.717) is 29.3 Å². The van der Waals surface area contributed by atoms with Gasteiger partial charge in [0.15, 0.2) is 0 Å². The van der Waals surface area contributed by atoms with Crippen LogP contribution in [0.5, 0.6) is 11.5 Å².